The highest BCUT2D eigenvalue weighted by Gasteiger charge is 2.33. The summed E-state index contributed by atoms with van der Waals surface area (Å²) in [5.74, 6) is 0. The van der Waals surface area contributed by atoms with E-state index in [1.807, 2.05) is 22.9 Å². The van der Waals surface area contributed by atoms with Crippen LogP contribution < -0.4 is 5.32 Å². The van der Waals surface area contributed by atoms with E-state index in [4.69, 9.17) is 10.5 Å². The van der Waals surface area contributed by atoms with Crippen molar-refractivity contribution in [3.05, 3.63) is 47.5 Å². The monoisotopic (exact) mass is 277 g/mol. The Kier molecular flexibility index (Phi) is 3.21. The first-order valence-electron chi connectivity index (χ1n) is 6.86. The number of imidazole rings is 1. The molecule has 1 aliphatic rings. The van der Waals surface area contributed by atoms with Gasteiger partial charge in [0.1, 0.15) is 12.1 Å². The van der Waals surface area contributed by atoms with Gasteiger partial charge in [-0.15, -0.1) is 0 Å². The van der Waals surface area contributed by atoms with Crippen molar-refractivity contribution in [2.45, 2.75) is 18.8 Å². The molecule has 0 amide bonds. The van der Waals surface area contributed by atoms with Gasteiger partial charge in [-0.25, -0.2) is 4.98 Å². The van der Waals surface area contributed by atoms with Crippen LogP contribution in [0, 0.1) is 22.7 Å². The fourth-order valence-electron chi connectivity index (χ4n) is 2.86. The Balaban J connectivity index is 2.09. The molecule has 1 N–H and O–H groups in total. The third kappa shape index (κ3) is 2.18. The summed E-state index contributed by atoms with van der Waals surface area (Å²) < 4.78 is 2.01. The largest absolute Gasteiger partial charge is 0.316 e. The average molecular weight is 277 g/mol. The number of benzene rings is 1. The molecule has 1 fully saturated rings. The highest BCUT2D eigenvalue weighted by molar-refractivity contribution is 5.52. The van der Waals surface area contributed by atoms with Crippen molar-refractivity contribution in [2.24, 2.45) is 0 Å². The van der Waals surface area contributed by atoms with Crippen LogP contribution in [0.1, 0.15) is 30.2 Å². The van der Waals surface area contributed by atoms with Gasteiger partial charge in [-0.1, -0.05) is 6.92 Å². The molecule has 0 saturated carbocycles. The second kappa shape index (κ2) is 5.05. The molecule has 21 heavy (non-hydrogen) atoms. The van der Waals surface area contributed by atoms with Crippen LogP contribution in [-0.4, -0.2) is 22.6 Å². The van der Waals surface area contributed by atoms with Crippen LogP contribution in [-0.2, 0) is 5.41 Å². The minimum atomic E-state index is 0.0389. The maximum Gasteiger partial charge on any atom is 0.101 e. The maximum absolute atomic E-state index is 9.17. The molecular weight excluding hydrogens is 262 g/mol. The third-order valence-corrected chi connectivity index (χ3v) is 4.15. The zero-order chi connectivity index (χ0) is 14.9. The molecule has 5 nitrogen and oxygen atoms in total. The maximum atomic E-state index is 9.17. The van der Waals surface area contributed by atoms with E-state index in [-0.39, 0.29) is 5.41 Å². The van der Waals surface area contributed by atoms with Gasteiger partial charge in [0.15, 0.2) is 0 Å². The van der Waals surface area contributed by atoms with Crippen LogP contribution in [0.2, 0.25) is 0 Å². The molecule has 1 unspecified atom stereocenters. The first kappa shape index (κ1) is 13.4. The summed E-state index contributed by atoms with van der Waals surface area (Å²) in [5, 5.41) is 21.6. The SMILES string of the molecule is CC1(c2cncn2-c2ccc(C#N)c(C#N)c2)CCNC1. The lowest BCUT2D eigenvalue weighted by Crippen LogP contribution is -2.27. The summed E-state index contributed by atoms with van der Waals surface area (Å²) >= 11 is 0. The molecule has 1 aliphatic heterocycles. The van der Waals surface area contributed by atoms with Gasteiger partial charge in [0.05, 0.1) is 17.5 Å². The molecule has 2 heterocycles. The molecule has 104 valence electrons. The quantitative estimate of drug-likeness (QED) is 0.909. The zero-order valence-electron chi connectivity index (χ0n) is 11.8. The molecule has 3 rings (SSSR count). The van der Waals surface area contributed by atoms with Crippen LogP contribution in [0.5, 0.6) is 0 Å². The van der Waals surface area contributed by atoms with Crippen LogP contribution in [0.4, 0.5) is 0 Å². The van der Waals surface area contributed by atoms with Gasteiger partial charge < -0.3 is 9.88 Å². The van der Waals surface area contributed by atoms with Gasteiger partial charge in [-0.3, -0.25) is 0 Å². The lowest BCUT2D eigenvalue weighted by atomic mass is 9.86. The fraction of sp³-hybridized carbons (Fsp3) is 0.312. The van der Waals surface area contributed by atoms with Gasteiger partial charge in [0.2, 0.25) is 0 Å². The number of nitrogens with one attached hydrogen (secondary N) is 1. The molecule has 0 radical (unpaired) electrons. The van der Waals surface area contributed by atoms with Crippen LogP contribution in [0.25, 0.3) is 5.69 Å². The van der Waals surface area contributed by atoms with Crippen molar-refractivity contribution in [1.29, 1.82) is 10.5 Å². The van der Waals surface area contributed by atoms with Gasteiger partial charge in [-0.2, -0.15) is 10.5 Å². The molecule has 1 saturated heterocycles. The smallest absolute Gasteiger partial charge is 0.101 e. The average Bonchev–Trinajstić information content (AvgIpc) is 3.16. The highest BCUT2D eigenvalue weighted by atomic mass is 15.1. The van der Waals surface area contributed by atoms with Crippen molar-refractivity contribution in [1.82, 2.24) is 14.9 Å². The Morgan fingerprint density at radius 3 is 2.76 bits per heavy atom. The molecule has 1 aromatic heterocycles. The van der Waals surface area contributed by atoms with Crippen molar-refractivity contribution in [3.63, 3.8) is 0 Å². The van der Waals surface area contributed by atoms with Gasteiger partial charge >= 0.3 is 0 Å². The van der Waals surface area contributed by atoms with Gasteiger partial charge in [0.25, 0.3) is 0 Å². The summed E-state index contributed by atoms with van der Waals surface area (Å²) in [6.45, 7) is 4.13. The Labute approximate surface area is 123 Å². The number of nitrogens with zero attached hydrogens (tertiary/aromatic N) is 4. The van der Waals surface area contributed by atoms with E-state index in [2.05, 4.69) is 23.3 Å². The molecule has 0 bridgehead atoms. The van der Waals surface area contributed by atoms with Crippen LogP contribution >= 0.6 is 0 Å². The molecule has 5 heteroatoms. The van der Waals surface area contributed by atoms with E-state index in [1.165, 1.54) is 0 Å². The molecule has 0 spiro atoms. The molecule has 1 atom stereocenters. The number of hydrogen-bond donors (Lipinski definition) is 1. The summed E-state index contributed by atoms with van der Waals surface area (Å²) in [5.41, 5.74) is 2.82. The standard InChI is InChI=1S/C16H15N5/c1-16(4-5-19-10-16)15-9-20-11-21(15)14-3-2-12(7-17)13(6-14)8-18/h2-3,6,9,11,19H,4-5,10H2,1H3. The van der Waals surface area contributed by atoms with Crippen molar-refractivity contribution in [2.75, 3.05) is 13.1 Å². The van der Waals surface area contributed by atoms with E-state index in [1.54, 1.807) is 18.5 Å². The first-order valence-corrected chi connectivity index (χ1v) is 6.86. The predicted octanol–water partition coefficient (Wildman–Crippen LogP) is 1.87. The summed E-state index contributed by atoms with van der Waals surface area (Å²) in [6.07, 6.45) is 4.71. The van der Waals surface area contributed by atoms with E-state index < -0.39 is 0 Å². The van der Waals surface area contributed by atoms with E-state index in [9.17, 15) is 0 Å². The minimum absolute atomic E-state index is 0.0389. The Morgan fingerprint density at radius 1 is 1.29 bits per heavy atom. The lowest BCUT2D eigenvalue weighted by Gasteiger charge is -2.24. The van der Waals surface area contributed by atoms with Crippen molar-refractivity contribution in [3.8, 4) is 17.8 Å². The number of hydrogen-bond acceptors (Lipinski definition) is 4. The lowest BCUT2D eigenvalue weighted by molar-refractivity contribution is 0.499. The Morgan fingerprint density at radius 2 is 2.10 bits per heavy atom. The second-order valence-corrected chi connectivity index (χ2v) is 5.59. The topological polar surface area (TPSA) is 77.4 Å². The van der Waals surface area contributed by atoms with E-state index >= 15 is 0 Å². The third-order valence-electron chi connectivity index (χ3n) is 4.15. The summed E-state index contributed by atoms with van der Waals surface area (Å²) in [6, 6.07) is 9.41. The van der Waals surface area contributed by atoms with Crippen LogP contribution in [0.15, 0.2) is 30.7 Å². The van der Waals surface area contributed by atoms with Gasteiger partial charge in [0, 0.05) is 29.5 Å². The van der Waals surface area contributed by atoms with Crippen LogP contribution in [0.3, 0.4) is 0 Å². The van der Waals surface area contributed by atoms with Crippen molar-refractivity contribution >= 4 is 0 Å². The van der Waals surface area contributed by atoms with E-state index in [0.29, 0.717) is 11.1 Å². The number of aromatic nitrogens is 2. The van der Waals surface area contributed by atoms with E-state index in [0.717, 1.165) is 30.9 Å². The molecule has 0 aliphatic carbocycles. The first-order chi connectivity index (χ1) is 10.2. The summed E-state index contributed by atoms with van der Waals surface area (Å²) in [7, 11) is 0. The van der Waals surface area contributed by atoms with Crippen molar-refractivity contribution < 1.29 is 0 Å². The predicted molar refractivity (Wildman–Crippen MR) is 77.8 cm³/mol. The summed E-state index contributed by atoms with van der Waals surface area (Å²) in [4.78, 5) is 4.27. The highest BCUT2D eigenvalue weighted by Crippen LogP contribution is 2.31. The van der Waals surface area contributed by atoms with Gasteiger partial charge in [-0.05, 0) is 31.2 Å². The molecule has 1 aromatic carbocycles. The number of rotatable bonds is 2. The Hall–Kier alpha value is -2.63. The normalized spacial score (nSPS) is 20.9. The number of nitriles is 2. The molecular formula is C16H15N5. The zero-order valence-corrected chi connectivity index (χ0v) is 11.8. The fourth-order valence-corrected chi connectivity index (χ4v) is 2.86. The minimum Gasteiger partial charge on any atom is -0.316 e. The second-order valence-electron chi connectivity index (χ2n) is 5.59. The molecule has 2 aromatic rings. The Bertz CT molecular complexity index is 754.